The molecular formula is C17H33N3. The third-order valence-corrected chi connectivity index (χ3v) is 4.69. The van der Waals surface area contributed by atoms with Crippen molar-refractivity contribution in [3.8, 4) is 6.07 Å². The Bertz CT molecular complexity index is 304. The molecule has 0 aromatic heterocycles. The summed E-state index contributed by atoms with van der Waals surface area (Å²) in [6.45, 7) is 10.8. The summed E-state index contributed by atoms with van der Waals surface area (Å²) in [5.41, 5.74) is -0.391. The molecule has 3 heteroatoms. The van der Waals surface area contributed by atoms with E-state index in [9.17, 15) is 5.26 Å². The molecule has 0 aromatic rings. The van der Waals surface area contributed by atoms with E-state index in [0.29, 0.717) is 6.04 Å². The van der Waals surface area contributed by atoms with E-state index in [0.717, 1.165) is 32.0 Å². The minimum atomic E-state index is -0.391. The fraction of sp³-hybridized carbons (Fsp3) is 0.941. The van der Waals surface area contributed by atoms with E-state index in [2.05, 4.69) is 37.1 Å². The van der Waals surface area contributed by atoms with Crippen molar-refractivity contribution in [1.82, 2.24) is 10.2 Å². The second-order valence-corrected chi connectivity index (χ2v) is 6.55. The number of hydrogen-bond donors (Lipinski definition) is 1. The summed E-state index contributed by atoms with van der Waals surface area (Å²) in [5.74, 6) is 0. The van der Waals surface area contributed by atoms with Gasteiger partial charge in [-0.05, 0) is 52.6 Å². The van der Waals surface area contributed by atoms with E-state index in [1.54, 1.807) is 0 Å². The van der Waals surface area contributed by atoms with E-state index >= 15 is 0 Å². The zero-order chi connectivity index (χ0) is 15.0. The van der Waals surface area contributed by atoms with Gasteiger partial charge in [-0.25, -0.2) is 0 Å². The fourth-order valence-electron chi connectivity index (χ4n) is 3.61. The van der Waals surface area contributed by atoms with Crippen molar-refractivity contribution in [2.75, 3.05) is 13.1 Å². The van der Waals surface area contributed by atoms with Crippen LogP contribution in [0.2, 0.25) is 0 Å². The van der Waals surface area contributed by atoms with Gasteiger partial charge in [-0.15, -0.1) is 0 Å². The first-order valence-electron chi connectivity index (χ1n) is 8.48. The molecule has 1 N–H and O–H groups in total. The number of nitrogens with zero attached hydrogens (tertiary/aromatic N) is 2. The van der Waals surface area contributed by atoms with Crippen LogP contribution in [0, 0.1) is 11.3 Å². The Balaban J connectivity index is 2.60. The zero-order valence-electron chi connectivity index (χ0n) is 13.9. The van der Waals surface area contributed by atoms with Crippen molar-refractivity contribution in [2.24, 2.45) is 0 Å². The van der Waals surface area contributed by atoms with Gasteiger partial charge in [0.2, 0.25) is 0 Å². The van der Waals surface area contributed by atoms with Crippen LogP contribution in [-0.4, -0.2) is 35.6 Å². The monoisotopic (exact) mass is 279 g/mol. The molecule has 0 bridgehead atoms. The minimum Gasteiger partial charge on any atom is -0.300 e. The maximum absolute atomic E-state index is 9.49. The predicted molar refractivity (Wildman–Crippen MR) is 85.6 cm³/mol. The lowest BCUT2D eigenvalue weighted by Crippen LogP contribution is -2.50. The van der Waals surface area contributed by atoms with Crippen molar-refractivity contribution in [1.29, 1.82) is 5.26 Å². The van der Waals surface area contributed by atoms with Crippen molar-refractivity contribution in [2.45, 2.75) is 90.3 Å². The number of rotatable bonds is 8. The van der Waals surface area contributed by atoms with Crippen LogP contribution >= 0.6 is 0 Å². The molecule has 1 aliphatic rings. The average Bonchev–Trinajstić information content (AvgIpc) is 2.47. The van der Waals surface area contributed by atoms with Gasteiger partial charge < -0.3 is 0 Å². The zero-order valence-corrected chi connectivity index (χ0v) is 13.9. The van der Waals surface area contributed by atoms with Crippen LogP contribution in [0.1, 0.15) is 72.6 Å². The highest BCUT2D eigenvalue weighted by atomic mass is 15.2. The van der Waals surface area contributed by atoms with Gasteiger partial charge in [-0.3, -0.25) is 10.2 Å². The molecule has 1 rings (SSSR count). The molecule has 0 heterocycles. The summed E-state index contributed by atoms with van der Waals surface area (Å²) >= 11 is 0. The number of nitrogens with one attached hydrogen (secondary N) is 1. The number of nitriles is 1. The van der Waals surface area contributed by atoms with Crippen molar-refractivity contribution < 1.29 is 0 Å². The Labute approximate surface area is 125 Å². The van der Waals surface area contributed by atoms with Crippen LogP contribution in [0.4, 0.5) is 0 Å². The van der Waals surface area contributed by atoms with Gasteiger partial charge in [-0.1, -0.05) is 33.1 Å². The van der Waals surface area contributed by atoms with Crippen LogP contribution in [0.5, 0.6) is 0 Å². The SMILES string of the molecule is CCCNC(C)(C#N)CC(C)N(CC)C1CCCCC1. The molecule has 1 fully saturated rings. The molecule has 0 saturated heterocycles. The third-order valence-electron chi connectivity index (χ3n) is 4.69. The van der Waals surface area contributed by atoms with Crippen LogP contribution in [0.25, 0.3) is 0 Å². The summed E-state index contributed by atoms with van der Waals surface area (Å²) in [6.07, 6.45) is 8.80. The summed E-state index contributed by atoms with van der Waals surface area (Å²) in [7, 11) is 0. The smallest absolute Gasteiger partial charge is 0.105 e. The molecular weight excluding hydrogens is 246 g/mol. The quantitative estimate of drug-likeness (QED) is 0.736. The van der Waals surface area contributed by atoms with Crippen molar-refractivity contribution in [3.63, 3.8) is 0 Å². The summed E-state index contributed by atoms with van der Waals surface area (Å²) in [4.78, 5) is 2.63. The molecule has 0 radical (unpaired) electrons. The number of hydrogen-bond acceptors (Lipinski definition) is 3. The highest BCUT2D eigenvalue weighted by Crippen LogP contribution is 2.26. The standard InChI is InChI=1S/C17H33N3/c1-5-12-19-17(4,14-18)13-15(3)20(6-2)16-10-8-7-9-11-16/h15-16,19H,5-13H2,1-4H3. The minimum absolute atomic E-state index is 0.391. The van der Waals surface area contributed by atoms with Gasteiger partial charge in [0.15, 0.2) is 0 Å². The van der Waals surface area contributed by atoms with Crippen LogP contribution < -0.4 is 5.32 Å². The Morgan fingerprint density at radius 3 is 2.45 bits per heavy atom. The molecule has 116 valence electrons. The molecule has 2 unspecified atom stereocenters. The summed E-state index contributed by atoms with van der Waals surface area (Å²) in [5, 5.41) is 12.9. The third kappa shape index (κ3) is 5.07. The maximum atomic E-state index is 9.49. The van der Waals surface area contributed by atoms with Gasteiger partial charge >= 0.3 is 0 Å². The highest BCUT2D eigenvalue weighted by Gasteiger charge is 2.31. The van der Waals surface area contributed by atoms with E-state index in [1.165, 1.54) is 32.1 Å². The molecule has 1 saturated carbocycles. The van der Waals surface area contributed by atoms with Crippen molar-refractivity contribution >= 4 is 0 Å². The lowest BCUT2D eigenvalue weighted by Gasteiger charge is -2.40. The lowest BCUT2D eigenvalue weighted by atomic mass is 9.89. The van der Waals surface area contributed by atoms with Crippen LogP contribution in [0.15, 0.2) is 0 Å². The maximum Gasteiger partial charge on any atom is 0.105 e. The molecule has 0 aliphatic heterocycles. The van der Waals surface area contributed by atoms with Gasteiger partial charge in [0.1, 0.15) is 5.54 Å². The molecule has 0 amide bonds. The van der Waals surface area contributed by atoms with Gasteiger partial charge in [0, 0.05) is 12.1 Å². The van der Waals surface area contributed by atoms with E-state index in [4.69, 9.17) is 0 Å². The summed E-state index contributed by atoms with van der Waals surface area (Å²) < 4.78 is 0. The molecule has 20 heavy (non-hydrogen) atoms. The van der Waals surface area contributed by atoms with Gasteiger partial charge in [0.25, 0.3) is 0 Å². The van der Waals surface area contributed by atoms with Crippen molar-refractivity contribution in [3.05, 3.63) is 0 Å². The predicted octanol–water partition coefficient (Wildman–Crippen LogP) is 3.70. The highest BCUT2D eigenvalue weighted by molar-refractivity contribution is 5.05. The molecule has 0 spiro atoms. The molecule has 3 nitrogen and oxygen atoms in total. The first kappa shape index (κ1) is 17.5. The second kappa shape index (κ2) is 8.64. The Morgan fingerprint density at radius 2 is 1.95 bits per heavy atom. The van der Waals surface area contributed by atoms with E-state index in [1.807, 2.05) is 6.92 Å². The molecule has 0 aromatic carbocycles. The first-order valence-corrected chi connectivity index (χ1v) is 8.48. The van der Waals surface area contributed by atoms with Gasteiger partial charge in [-0.2, -0.15) is 5.26 Å². The largest absolute Gasteiger partial charge is 0.300 e. The second-order valence-electron chi connectivity index (χ2n) is 6.55. The normalized spacial score (nSPS) is 21.4. The first-order chi connectivity index (χ1) is 9.56. The van der Waals surface area contributed by atoms with E-state index < -0.39 is 5.54 Å². The van der Waals surface area contributed by atoms with Gasteiger partial charge in [0.05, 0.1) is 6.07 Å². The lowest BCUT2D eigenvalue weighted by molar-refractivity contribution is 0.102. The Kier molecular flexibility index (Phi) is 7.55. The van der Waals surface area contributed by atoms with E-state index in [-0.39, 0.29) is 0 Å². The molecule has 2 atom stereocenters. The Morgan fingerprint density at radius 1 is 1.30 bits per heavy atom. The topological polar surface area (TPSA) is 39.1 Å². The average molecular weight is 279 g/mol. The fourth-order valence-corrected chi connectivity index (χ4v) is 3.61. The van der Waals surface area contributed by atoms with Crippen LogP contribution in [0.3, 0.4) is 0 Å². The van der Waals surface area contributed by atoms with Crippen LogP contribution in [-0.2, 0) is 0 Å². The molecule has 1 aliphatic carbocycles. The Hall–Kier alpha value is -0.590. The summed E-state index contributed by atoms with van der Waals surface area (Å²) in [6, 6.07) is 3.69.